The maximum absolute atomic E-state index is 12.8. The molecule has 2 aliphatic heterocycles. The molecule has 2 aromatic carbocycles. The van der Waals surface area contributed by atoms with Gasteiger partial charge >= 0.3 is 0 Å². The summed E-state index contributed by atoms with van der Waals surface area (Å²) in [4.78, 5) is 28.6. The SMILES string of the molecule is CC(C(=O)Nc1ccc(N2CCCC2=O)cc1)N1C[C@@H](N)[C@H](c2ccccc2)C1. The minimum Gasteiger partial charge on any atom is -0.326 e. The van der Waals surface area contributed by atoms with Gasteiger partial charge in [-0.05, 0) is 43.2 Å². The summed E-state index contributed by atoms with van der Waals surface area (Å²) >= 11 is 0. The second kappa shape index (κ2) is 8.35. The lowest BCUT2D eigenvalue weighted by molar-refractivity contribution is -0.120. The van der Waals surface area contributed by atoms with Crippen LogP contribution in [0, 0.1) is 0 Å². The summed E-state index contributed by atoms with van der Waals surface area (Å²) in [5.41, 5.74) is 9.22. The summed E-state index contributed by atoms with van der Waals surface area (Å²) < 4.78 is 0. The highest BCUT2D eigenvalue weighted by molar-refractivity contribution is 5.97. The fourth-order valence-corrected chi connectivity index (χ4v) is 4.29. The molecule has 6 heteroatoms. The molecule has 2 heterocycles. The van der Waals surface area contributed by atoms with Crippen LogP contribution in [-0.2, 0) is 9.59 Å². The van der Waals surface area contributed by atoms with Gasteiger partial charge in [0.25, 0.3) is 0 Å². The number of nitrogens with two attached hydrogens (primary N) is 1. The second-order valence-electron chi connectivity index (χ2n) is 8.00. The van der Waals surface area contributed by atoms with E-state index >= 15 is 0 Å². The van der Waals surface area contributed by atoms with Gasteiger partial charge in [0.05, 0.1) is 6.04 Å². The average Bonchev–Trinajstić information content (AvgIpc) is 3.34. The molecular formula is C23H28N4O2. The summed E-state index contributed by atoms with van der Waals surface area (Å²) in [6.07, 6.45) is 1.51. The number of carbonyl (C=O) groups excluding carboxylic acids is 2. The molecule has 6 nitrogen and oxygen atoms in total. The lowest BCUT2D eigenvalue weighted by atomic mass is 9.95. The van der Waals surface area contributed by atoms with Gasteiger partial charge in [0, 0.05) is 49.4 Å². The van der Waals surface area contributed by atoms with Crippen LogP contribution in [0.2, 0.25) is 0 Å². The monoisotopic (exact) mass is 392 g/mol. The average molecular weight is 393 g/mol. The molecule has 2 fully saturated rings. The Labute approximate surface area is 171 Å². The third-order valence-corrected chi connectivity index (χ3v) is 6.07. The molecule has 152 valence electrons. The highest BCUT2D eigenvalue weighted by atomic mass is 16.2. The molecule has 0 bridgehead atoms. The summed E-state index contributed by atoms with van der Waals surface area (Å²) in [5.74, 6) is 0.355. The van der Waals surface area contributed by atoms with Crippen molar-refractivity contribution in [3.05, 3.63) is 60.2 Å². The van der Waals surface area contributed by atoms with Crippen LogP contribution < -0.4 is 16.0 Å². The molecule has 1 unspecified atom stereocenters. The summed E-state index contributed by atoms with van der Waals surface area (Å²) in [7, 11) is 0. The Hall–Kier alpha value is -2.70. The summed E-state index contributed by atoms with van der Waals surface area (Å²) in [6.45, 7) is 4.16. The number of rotatable bonds is 5. The number of hydrogen-bond acceptors (Lipinski definition) is 4. The van der Waals surface area contributed by atoms with Crippen molar-refractivity contribution >= 4 is 23.2 Å². The quantitative estimate of drug-likeness (QED) is 0.820. The molecule has 0 aromatic heterocycles. The Bertz CT molecular complexity index is 868. The molecule has 4 rings (SSSR count). The molecule has 2 amide bonds. The fourth-order valence-electron chi connectivity index (χ4n) is 4.29. The smallest absolute Gasteiger partial charge is 0.241 e. The number of benzene rings is 2. The molecular weight excluding hydrogens is 364 g/mol. The maximum Gasteiger partial charge on any atom is 0.241 e. The van der Waals surface area contributed by atoms with E-state index in [2.05, 4.69) is 22.3 Å². The van der Waals surface area contributed by atoms with Gasteiger partial charge < -0.3 is 16.0 Å². The molecule has 29 heavy (non-hydrogen) atoms. The number of nitrogens with one attached hydrogen (secondary N) is 1. The normalized spacial score (nSPS) is 23.4. The van der Waals surface area contributed by atoms with Crippen molar-refractivity contribution in [2.45, 2.75) is 37.8 Å². The summed E-state index contributed by atoms with van der Waals surface area (Å²) in [5, 5.41) is 2.99. The van der Waals surface area contributed by atoms with Crippen LogP contribution in [0.5, 0.6) is 0 Å². The highest BCUT2D eigenvalue weighted by Gasteiger charge is 2.35. The molecule has 0 spiro atoms. The fraction of sp³-hybridized carbons (Fsp3) is 0.391. The number of amides is 2. The predicted molar refractivity (Wildman–Crippen MR) is 115 cm³/mol. The van der Waals surface area contributed by atoms with Crippen molar-refractivity contribution in [2.75, 3.05) is 29.9 Å². The van der Waals surface area contributed by atoms with Gasteiger partial charge in [0.2, 0.25) is 11.8 Å². The lowest BCUT2D eigenvalue weighted by Gasteiger charge is -2.23. The van der Waals surface area contributed by atoms with Gasteiger partial charge in [0.15, 0.2) is 0 Å². The van der Waals surface area contributed by atoms with Crippen LogP contribution in [0.25, 0.3) is 0 Å². The van der Waals surface area contributed by atoms with Gasteiger partial charge in [-0.2, -0.15) is 0 Å². The van der Waals surface area contributed by atoms with E-state index in [4.69, 9.17) is 5.73 Å². The van der Waals surface area contributed by atoms with E-state index in [9.17, 15) is 9.59 Å². The Kier molecular flexibility index (Phi) is 5.65. The number of hydrogen-bond donors (Lipinski definition) is 2. The Balaban J connectivity index is 1.36. The minimum absolute atomic E-state index is 0.0185. The number of carbonyl (C=O) groups is 2. The summed E-state index contributed by atoms with van der Waals surface area (Å²) in [6, 6.07) is 17.5. The Morgan fingerprint density at radius 1 is 1.10 bits per heavy atom. The molecule has 0 aliphatic carbocycles. The molecule has 0 radical (unpaired) electrons. The number of nitrogens with zero attached hydrogens (tertiary/aromatic N) is 2. The standard InChI is InChI=1S/C23H28N4O2/c1-16(26-14-20(21(24)15-26)17-6-3-2-4-7-17)23(29)25-18-9-11-19(12-10-18)27-13-5-8-22(27)28/h2-4,6-7,9-12,16,20-21H,5,8,13-15,24H2,1H3,(H,25,29)/t16?,20-,21+/m0/s1. The van der Waals surface area contributed by atoms with E-state index in [1.54, 1.807) is 4.90 Å². The molecule has 3 atom stereocenters. The molecule has 2 aromatic rings. The Morgan fingerprint density at radius 2 is 1.83 bits per heavy atom. The largest absolute Gasteiger partial charge is 0.326 e. The predicted octanol–water partition coefficient (Wildman–Crippen LogP) is 2.57. The second-order valence-corrected chi connectivity index (χ2v) is 8.00. The molecule has 2 saturated heterocycles. The minimum atomic E-state index is -0.269. The zero-order valence-electron chi connectivity index (χ0n) is 16.8. The molecule has 0 saturated carbocycles. The van der Waals surface area contributed by atoms with Crippen molar-refractivity contribution in [1.82, 2.24) is 4.90 Å². The molecule has 3 N–H and O–H groups in total. The Morgan fingerprint density at radius 3 is 2.48 bits per heavy atom. The van der Waals surface area contributed by atoms with E-state index in [-0.39, 0.29) is 29.8 Å². The van der Waals surface area contributed by atoms with E-state index in [1.165, 1.54) is 5.56 Å². The van der Waals surface area contributed by atoms with Crippen LogP contribution in [0.4, 0.5) is 11.4 Å². The first-order chi connectivity index (χ1) is 14.0. The first-order valence-corrected chi connectivity index (χ1v) is 10.3. The van der Waals surface area contributed by atoms with Crippen LogP contribution >= 0.6 is 0 Å². The van der Waals surface area contributed by atoms with Crippen molar-refractivity contribution in [3.8, 4) is 0 Å². The number of likely N-dealkylation sites (tertiary alicyclic amines) is 1. The zero-order valence-corrected chi connectivity index (χ0v) is 16.8. The zero-order chi connectivity index (χ0) is 20.4. The maximum atomic E-state index is 12.8. The van der Waals surface area contributed by atoms with Crippen molar-refractivity contribution in [2.24, 2.45) is 5.73 Å². The van der Waals surface area contributed by atoms with E-state index < -0.39 is 0 Å². The first-order valence-electron chi connectivity index (χ1n) is 10.3. The topological polar surface area (TPSA) is 78.7 Å². The third-order valence-electron chi connectivity index (χ3n) is 6.07. The van der Waals surface area contributed by atoms with Gasteiger partial charge in [-0.25, -0.2) is 0 Å². The van der Waals surface area contributed by atoms with Crippen molar-refractivity contribution < 1.29 is 9.59 Å². The van der Waals surface area contributed by atoms with Crippen molar-refractivity contribution in [3.63, 3.8) is 0 Å². The first kappa shape index (κ1) is 19.6. The van der Waals surface area contributed by atoms with E-state index in [1.807, 2.05) is 49.4 Å². The van der Waals surface area contributed by atoms with Gasteiger partial charge in [-0.1, -0.05) is 30.3 Å². The van der Waals surface area contributed by atoms with Gasteiger partial charge in [-0.3, -0.25) is 14.5 Å². The lowest BCUT2D eigenvalue weighted by Crippen LogP contribution is -2.41. The van der Waals surface area contributed by atoms with Crippen LogP contribution in [0.1, 0.15) is 31.2 Å². The molecule has 2 aliphatic rings. The van der Waals surface area contributed by atoms with E-state index in [0.29, 0.717) is 13.0 Å². The van der Waals surface area contributed by atoms with Crippen LogP contribution in [-0.4, -0.2) is 48.4 Å². The highest BCUT2D eigenvalue weighted by Crippen LogP contribution is 2.28. The van der Waals surface area contributed by atoms with Crippen LogP contribution in [0.3, 0.4) is 0 Å². The third kappa shape index (κ3) is 4.18. The van der Waals surface area contributed by atoms with Crippen molar-refractivity contribution in [1.29, 1.82) is 0 Å². The van der Waals surface area contributed by atoms with Crippen LogP contribution in [0.15, 0.2) is 54.6 Å². The number of anilines is 2. The van der Waals surface area contributed by atoms with Gasteiger partial charge in [-0.15, -0.1) is 0 Å². The van der Waals surface area contributed by atoms with Gasteiger partial charge in [0.1, 0.15) is 0 Å². The van der Waals surface area contributed by atoms with E-state index in [0.717, 1.165) is 30.9 Å².